The van der Waals surface area contributed by atoms with Gasteiger partial charge in [0.15, 0.2) is 0 Å². The minimum absolute atomic E-state index is 0.685. The molecule has 0 saturated carbocycles. The Balaban J connectivity index is 2.62. The van der Waals surface area contributed by atoms with Gasteiger partial charge in [0.1, 0.15) is 0 Å². The number of hydrogen-bond acceptors (Lipinski definition) is 1. The van der Waals surface area contributed by atoms with E-state index in [9.17, 15) is 0 Å². The third-order valence-corrected chi connectivity index (χ3v) is 4.31. The Morgan fingerprint density at radius 1 is 1.45 bits per heavy atom. The standard InChI is InChI=1S/C9H19NP/c1-8-5-6-9(7-10-8)11(2,3)4/h7-8,10H,5-6H2,1-4H3/q+1. The third-order valence-electron chi connectivity index (χ3n) is 2.23. The van der Waals surface area contributed by atoms with Crippen LogP contribution in [-0.2, 0) is 0 Å². The first-order valence-electron chi connectivity index (χ1n) is 4.27. The molecule has 1 atom stereocenters. The highest BCUT2D eigenvalue weighted by Gasteiger charge is 2.26. The summed E-state index contributed by atoms with van der Waals surface area (Å²) < 4.78 is 0. The number of hydrogen-bond donors (Lipinski definition) is 1. The summed E-state index contributed by atoms with van der Waals surface area (Å²) in [7, 11) is -0.719. The maximum absolute atomic E-state index is 3.40. The van der Waals surface area contributed by atoms with Gasteiger partial charge in [0, 0.05) is 25.9 Å². The molecule has 0 saturated heterocycles. The maximum Gasteiger partial charge on any atom is 0.0862 e. The minimum atomic E-state index is -0.719. The highest BCUT2D eigenvalue weighted by atomic mass is 31.2. The molecule has 2 heteroatoms. The molecule has 0 aliphatic carbocycles. The molecular formula is C9H19NP+. The van der Waals surface area contributed by atoms with Crippen molar-refractivity contribution in [2.24, 2.45) is 0 Å². The molecule has 1 aliphatic rings. The third kappa shape index (κ3) is 2.48. The maximum atomic E-state index is 3.40. The molecule has 64 valence electrons. The Morgan fingerprint density at radius 2 is 2.09 bits per heavy atom. The molecule has 1 nitrogen and oxygen atoms in total. The van der Waals surface area contributed by atoms with Crippen molar-refractivity contribution >= 4 is 7.26 Å². The second-order valence-electron chi connectivity index (χ2n) is 4.25. The summed E-state index contributed by atoms with van der Waals surface area (Å²) in [6, 6.07) is 0.685. The highest BCUT2D eigenvalue weighted by Crippen LogP contribution is 2.57. The molecule has 1 heterocycles. The molecule has 1 unspecified atom stereocenters. The zero-order valence-electron chi connectivity index (χ0n) is 8.02. The van der Waals surface area contributed by atoms with Gasteiger partial charge >= 0.3 is 0 Å². The zero-order valence-corrected chi connectivity index (χ0v) is 8.91. The first kappa shape index (κ1) is 9.06. The van der Waals surface area contributed by atoms with Crippen LogP contribution in [0.4, 0.5) is 0 Å². The summed E-state index contributed by atoms with van der Waals surface area (Å²) in [5.74, 6) is 0. The van der Waals surface area contributed by atoms with Crippen LogP contribution in [0.2, 0.25) is 0 Å². The van der Waals surface area contributed by atoms with Crippen LogP contribution in [0.3, 0.4) is 0 Å². The quantitative estimate of drug-likeness (QED) is 0.599. The molecule has 11 heavy (non-hydrogen) atoms. The van der Waals surface area contributed by atoms with Crippen LogP contribution in [0, 0.1) is 0 Å². The molecule has 0 radical (unpaired) electrons. The van der Waals surface area contributed by atoms with Gasteiger partial charge in [-0.25, -0.2) is 0 Å². The smallest absolute Gasteiger partial charge is 0.0862 e. The van der Waals surface area contributed by atoms with Gasteiger partial charge in [0.25, 0.3) is 0 Å². The predicted molar refractivity (Wildman–Crippen MR) is 54.6 cm³/mol. The van der Waals surface area contributed by atoms with Crippen molar-refractivity contribution in [3.05, 3.63) is 11.5 Å². The van der Waals surface area contributed by atoms with E-state index in [0.29, 0.717) is 6.04 Å². The number of allylic oxidation sites excluding steroid dienone is 1. The average molecular weight is 172 g/mol. The van der Waals surface area contributed by atoms with Crippen molar-refractivity contribution in [1.82, 2.24) is 5.32 Å². The summed E-state index contributed by atoms with van der Waals surface area (Å²) in [6.45, 7) is 9.40. The predicted octanol–water partition coefficient (Wildman–Crippen LogP) is 2.51. The van der Waals surface area contributed by atoms with E-state index in [4.69, 9.17) is 0 Å². The van der Waals surface area contributed by atoms with E-state index in [2.05, 4.69) is 38.4 Å². The molecular weight excluding hydrogens is 153 g/mol. The van der Waals surface area contributed by atoms with E-state index < -0.39 is 7.26 Å². The molecule has 1 rings (SSSR count). The lowest BCUT2D eigenvalue weighted by atomic mass is 10.1. The van der Waals surface area contributed by atoms with Crippen LogP contribution in [0.25, 0.3) is 0 Å². The lowest BCUT2D eigenvalue weighted by molar-refractivity contribution is 0.564. The van der Waals surface area contributed by atoms with Crippen LogP contribution >= 0.6 is 7.26 Å². The van der Waals surface area contributed by atoms with E-state index in [1.807, 2.05) is 0 Å². The lowest BCUT2D eigenvalue weighted by Crippen LogP contribution is -2.25. The normalized spacial score (nSPS) is 25.8. The molecule has 0 bridgehead atoms. The van der Waals surface area contributed by atoms with Gasteiger partial charge in [-0.3, -0.25) is 0 Å². The van der Waals surface area contributed by atoms with Crippen LogP contribution in [0.5, 0.6) is 0 Å². The van der Waals surface area contributed by atoms with Crippen molar-refractivity contribution in [1.29, 1.82) is 0 Å². The molecule has 0 fully saturated rings. The highest BCUT2D eigenvalue weighted by molar-refractivity contribution is 7.77. The van der Waals surface area contributed by atoms with Crippen molar-refractivity contribution in [3.63, 3.8) is 0 Å². The van der Waals surface area contributed by atoms with Gasteiger partial charge in [-0.2, -0.15) is 0 Å². The van der Waals surface area contributed by atoms with Crippen LogP contribution in [0.1, 0.15) is 19.8 Å². The number of rotatable bonds is 1. The monoisotopic (exact) mass is 172 g/mol. The Morgan fingerprint density at radius 3 is 2.45 bits per heavy atom. The van der Waals surface area contributed by atoms with E-state index in [1.54, 1.807) is 5.31 Å². The van der Waals surface area contributed by atoms with Gasteiger partial charge in [-0.1, -0.05) is 0 Å². The summed E-state index contributed by atoms with van der Waals surface area (Å²) in [6.07, 6.45) is 4.87. The Hall–Kier alpha value is -0.0300. The van der Waals surface area contributed by atoms with Gasteiger partial charge in [0.2, 0.25) is 0 Å². The fourth-order valence-electron chi connectivity index (χ4n) is 1.29. The molecule has 0 amide bonds. The summed E-state index contributed by atoms with van der Waals surface area (Å²) in [5, 5.41) is 5.07. The van der Waals surface area contributed by atoms with Gasteiger partial charge in [-0.15, -0.1) is 0 Å². The lowest BCUT2D eigenvalue weighted by Gasteiger charge is -2.23. The summed E-state index contributed by atoms with van der Waals surface area (Å²) >= 11 is 0. The fraction of sp³-hybridized carbons (Fsp3) is 0.778. The van der Waals surface area contributed by atoms with Crippen molar-refractivity contribution in [2.75, 3.05) is 20.0 Å². The van der Waals surface area contributed by atoms with Crippen LogP contribution < -0.4 is 5.32 Å². The summed E-state index contributed by atoms with van der Waals surface area (Å²) in [4.78, 5) is 0. The fourth-order valence-corrected chi connectivity index (χ4v) is 2.55. The first-order chi connectivity index (χ1) is 5.00. The molecule has 1 N–H and O–H groups in total. The Labute approximate surface area is 70.6 Å². The van der Waals surface area contributed by atoms with Crippen molar-refractivity contribution in [2.45, 2.75) is 25.8 Å². The van der Waals surface area contributed by atoms with E-state index in [1.165, 1.54) is 12.8 Å². The molecule has 1 aliphatic heterocycles. The Kier molecular flexibility index (Phi) is 2.59. The average Bonchev–Trinajstić information content (AvgIpc) is 1.86. The van der Waals surface area contributed by atoms with Gasteiger partial charge in [0.05, 0.1) is 25.3 Å². The SMILES string of the molecule is CC1CCC([P+](C)(C)C)=CN1. The Bertz CT molecular complexity index is 167. The second-order valence-corrected chi connectivity index (χ2v) is 8.85. The van der Waals surface area contributed by atoms with E-state index >= 15 is 0 Å². The molecule has 0 aromatic heterocycles. The minimum Gasteiger partial charge on any atom is -0.386 e. The number of nitrogens with one attached hydrogen (secondary N) is 1. The van der Waals surface area contributed by atoms with Gasteiger partial charge in [-0.05, 0) is 13.3 Å². The van der Waals surface area contributed by atoms with Crippen LogP contribution in [0.15, 0.2) is 11.5 Å². The van der Waals surface area contributed by atoms with Crippen molar-refractivity contribution in [3.8, 4) is 0 Å². The van der Waals surface area contributed by atoms with Gasteiger partial charge < -0.3 is 5.32 Å². The second kappa shape index (κ2) is 3.15. The molecule has 0 aromatic rings. The first-order valence-corrected chi connectivity index (χ1v) is 7.40. The van der Waals surface area contributed by atoms with E-state index in [0.717, 1.165) is 0 Å². The van der Waals surface area contributed by atoms with Crippen molar-refractivity contribution < 1.29 is 0 Å². The molecule has 0 spiro atoms. The topological polar surface area (TPSA) is 12.0 Å². The van der Waals surface area contributed by atoms with Crippen LogP contribution in [-0.4, -0.2) is 26.0 Å². The largest absolute Gasteiger partial charge is 0.386 e. The summed E-state index contributed by atoms with van der Waals surface area (Å²) in [5.41, 5.74) is 0. The molecule has 0 aromatic carbocycles. The van der Waals surface area contributed by atoms with E-state index in [-0.39, 0.29) is 0 Å². The zero-order chi connectivity index (χ0) is 8.48.